The second kappa shape index (κ2) is 15.5. The second-order valence-electron chi connectivity index (χ2n) is 18.0. The molecular weight excluding hydrogens is 663 g/mol. The van der Waals surface area contributed by atoms with Crippen LogP contribution in [0.2, 0.25) is 36.3 Å². The van der Waals surface area contributed by atoms with Gasteiger partial charge in [-0.25, -0.2) is 4.99 Å². The monoisotopic (exact) mass is 731 g/mol. The Balaban J connectivity index is 0.00000265. The topological polar surface area (TPSA) is 86.4 Å². The number of hydrogen-bond donors (Lipinski definition) is 1. The van der Waals surface area contributed by atoms with E-state index >= 15 is 4.79 Å². The highest BCUT2D eigenvalue weighted by Crippen LogP contribution is 2.62. The minimum atomic E-state index is -1.97. The number of carbonyl (C=O) groups is 1. The molecule has 1 unspecified atom stereocenters. The summed E-state index contributed by atoms with van der Waals surface area (Å²) in [7, 11) is -0.516. The Bertz CT molecular complexity index is 1330. The molecule has 2 fully saturated rings. The molecular formula is C39H69N3O4SSi2. The van der Waals surface area contributed by atoms with Crippen molar-refractivity contribution < 1.29 is 18.4 Å². The van der Waals surface area contributed by atoms with Gasteiger partial charge < -0.3 is 19.3 Å². The predicted molar refractivity (Wildman–Crippen MR) is 213 cm³/mol. The van der Waals surface area contributed by atoms with Crippen LogP contribution in [0, 0.1) is 11.3 Å². The van der Waals surface area contributed by atoms with Crippen molar-refractivity contribution in [2.45, 2.75) is 147 Å². The van der Waals surface area contributed by atoms with Crippen LogP contribution in [0.5, 0.6) is 0 Å². The summed E-state index contributed by atoms with van der Waals surface area (Å²) in [4.78, 5) is 23.0. The normalized spacial score (nSPS) is 25.9. The van der Waals surface area contributed by atoms with E-state index in [9.17, 15) is 0 Å². The third-order valence-electron chi connectivity index (χ3n) is 12.8. The van der Waals surface area contributed by atoms with E-state index in [2.05, 4.69) is 91.7 Å². The van der Waals surface area contributed by atoms with Crippen molar-refractivity contribution in [3.63, 3.8) is 0 Å². The molecule has 1 aromatic carbocycles. The number of amides is 1. The first kappa shape index (κ1) is 40.7. The Morgan fingerprint density at radius 3 is 2.08 bits per heavy atom. The SMILES string of the molecule is CN.COC1CCC2(CC1)Cc1ccc(CCC3CC3)cc1C21N=C(SCCO[Si](C)(C)C(C)(C)C)N(CCO[Si](C)(C)C(C)(C)C)C1=O. The van der Waals surface area contributed by atoms with Crippen LogP contribution in [0.3, 0.4) is 0 Å². The minimum absolute atomic E-state index is 0.112. The van der Waals surface area contributed by atoms with Gasteiger partial charge in [-0.15, -0.1) is 0 Å². The fourth-order valence-electron chi connectivity index (χ4n) is 7.36. The summed E-state index contributed by atoms with van der Waals surface area (Å²) in [6.45, 7) is 24.6. The molecule has 5 rings (SSSR count). The van der Waals surface area contributed by atoms with Crippen molar-refractivity contribution in [2.75, 3.05) is 39.7 Å². The summed E-state index contributed by atoms with van der Waals surface area (Å²) in [6.07, 6.45) is 10.1. The highest BCUT2D eigenvalue weighted by Gasteiger charge is 2.66. The fourth-order valence-corrected chi connectivity index (χ4v) is 10.5. The highest BCUT2D eigenvalue weighted by atomic mass is 32.2. The molecule has 1 atom stereocenters. The van der Waals surface area contributed by atoms with Crippen LogP contribution in [0.1, 0.15) is 103 Å². The van der Waals surface area contributed by atoms with Gasteiger partial charge in [0.2, 0.25) is 0 Å². The van der Waals surface area contributed by atoms with Crippen molar-refractivity contribution in [2.24, 2.45) is 22.1 Å². The van der Waals surface area contributed by atoms with E-state index in [1.54, 1.807) is 11.8 Å². The number of carbonyl (C=O) groups excluding carboxylic acids is 1. The third kappa shape index (κ3) is 8.46. The molecule has 1 aliphatic heterocycles. The Morgan fingerprint density at radius 1 is 0.939 bits per heavy atom. The molecule has 0 aromatic heterocycles. The van der Waals surface area contributed by atoms with Gasteiger partial charge in [-0.05, 0) is 111 Å². The van der Waals surface area contributed by atoms with Crippen LogP contribution >= 0.6 is 11.8 Å². The molecule has 2 N–H and O–H groups in total. The number of aliphatic imine (C=N–C) groups is 1. The maximum atomic E-state index is 15.3. The first-order chi connectivity index (χ1) is 22.9. The lowest BCUT2D eigenvalue weighted by Crippen LogP contribution is -2.52. The molecule has 278 valence electrons. The van der Waals surface area contributed by atoms with Gasteiger partial charge in [-0.2, -0.15) is 0 Å². The molecule has 49 heavy (non-hydrogen) atoms. The molecule has 1 heterocycles. The smallest absolute Gasteiger partial charge is 0.261 e. The predicted octanol–water partition coefficient (Wildman–Crippen LogP) is 8.91. The van der Waals surface area contributed by atoms with Gasteiger partial charge >= 0.3 is 0 Å². The number of methoxy groups -OCH3 is 1. The van der Waals surface area contributed by atoms with Gasteiger partial charge in [-0.1, -0.05) is 84.3 Å². The van der Waals surface area contributed by atoms with Crippen molar-refractivity contribution in [3.8, 4) is 0 Å². The standard InChI is InChI=1S/C38H64N2O4SSi2.CH5N/c1-35(2,3)46(8,9)43-23-22-40-33(41)38(39-34(40)45-25-24-44-47(10,11)36(4,5)6)32-26-29(15-14-28-12-13-28)16-17-30(32)27-37(38)20-18-31(42-7)19-21-37;1-2/h16-17,26,28,31H,12-15,18-25,27H2,1-11H3;2H2,1H3. The lowest BCUT2D eigenvalue weighted by atomic mass is 9.61. The quantitative estimate of drug-likeness (QED) is 0.171. The largest absolute Gasteiger partial charge is 0.416 e. The lowest BCUT2D eigenvalue weighted by molar-refractivity contribution is -0.138. The number of fused-ring (bicyclic) bond motifs is 3. The number of nitrogens with zero attached hydrogens (tertiary/aromatic N) is 2. The van der Waals surface area contributed by atoms with Gasteiger partial charge in [-0.3, -0.25) is 9.69 Å². The molecule has 7 nitrogen and oxygen atoms in total. The number of thioether (sulfide) groups is 1. The van der Waals surface area contributed by atoms with Crippen LogP contribution < -0.4 is 5.73 Å². The van der Waals surface area contributed by atoms with E-state index < -0.39 is 22.2 Å². The van der Waals surface area contributed by atoms with Gasteiger partial charge in [0.1, 0.15) is 0 Å². The molecule has 0 saturated heterocycles. The number of nitrogens with two attached hydrogens (primary N) is 1. The van der Waals surface area contributed by atoms with Crippen LogP contribution in [0.25, 0.3) is 0 Å². The Hall–Kier alpha value is -1.02. The van der Waals surface area contributed by atoms with E-state index in [-0.39, 0.29) is 27.5 Å². The fraction of sp³-hybridized carbons (Fsp3) is 0.795. The summed E-state index contributed by atoms with van der Waals surface area (Å²) >= 11 is 1.71. The number of rotatable bonds is 12. The number of aryl methyl sites for hydroxylation is 1. The minimum Gasteiger partial charge on any atom is -0.416 e. The summed E-state index contributed by atoms with van der Waals surface area (Å²) in [5, 5.41) is 1.13. The molecule has 0 bridgehead atoms. The maximum absolute atomic E-state index is 15.3. The van der Waals surface area contributed by atoms with Crippen molar-refractivity contribution in [1.82, 2.24) is 4.90 Å². The van der Waals surface area contributed by atoms with Crippen molar-refractivity contribution >= 4 is 39.5 Å². The molecule has 2 saturated carbocycles. The van der Waals surface area contributed by atoms with Crippen LogP contribution in [-0.2, 0) is 36.8 Å². The maximum Gasteiger partial charge on any atom is 0.261 e. The number of ether oxygens (including phenoxy) is 1. The first-order valence-corrected chi connectivity index (χ1v) is 25.7. The van der Waals surface area contributed by atoms with Gasteiger partial charge in [0.05, 0.1) is 19.3 Å². The summed E-state index contributed by atoms with van der Waals surface area (Å²) in [5.41, 5.74) is 7.25. The Morgan fingerprint density at radius 2 is 1.53 bits per heavy atom. The summed E-state index contributed by atoms with van der Waals surface area (Å²) in [5.74, 6) is 1.83. The van der Waals surface area contributed by atoms with Crippen LogP contribution in [0.15, 0.2) is 23.2 Å². The zero-order valence-corrected chi connectivity index (χ0v) is 35.9. The van der Waals surface area contributed by atoms with Crippen molar-refractivity contribution in [1.29, 1.82) is 0 Å². The second-order valence-corrected chi connectivity index (χ2v) is 28.7. The number of hydrogen-bond acceptors (Lipinski definition) is 7. The van der Waals surface area contributed by atoms with E-state index in [0.29, 0.717) is 19.8 Å². The number of benzene rings is 1. The molecule has 3 aliphatic carbocycles. The molecule has 1 aromatic rings. The molecule has 2 spiro atoms. The van der Waals surface area contributed by atoms with E-state index in [1.807, 2.05) is 12.0 Å². The molecule has 10 heteroatoms. The lowest BCUT2D eigenvalue weighted by Gasteiger charge is -2.45. The van der Waals surface area contributed by atoms with Crippen LogP contribution in [-0.4, -0.2) is 78.4 Å². The molecule has 1 amide bonds. The summed E-state index contributed by atoms with van der Waals surface area (Å²) in [6, 6.07) is 7.05. The average Bonchev–Trinajstić information content (AvgIpc) is 3.78. The summed E-state index contributed by atoms with van der Waals surface area (Å²) < 4.78 is 19.1. The first-order valence-electron chi connectivity index (χ1n) is 18.9. The van der Waals surface area contributed by atoms with Gasteiger partial charge in [0.15, 0.2) is 27.3 Å². The molecule has 0 radical (unpaired) electrons. The molecule has 4 aliphatic rings. The average molecular weight is 732 g/mol. The van der Waals surface area contributed by atoms with Gasteiger partial charge in [0, 0.05) is 24.9 Å². The van der Waals surface area contributed by atoms with Crippen LogP contribution in [0.4, 0.5) is 0 Å². The van der Waals surface area contributed by atoms with E-state index in [4.69, 9.17) is 18.6 Å². The van der Waals surface area contributed by atoms with E-state index in [0.717, 1.165) is 55.4 Å². The highest BCUT2D eigenvalue weighted by molar-refractivity contribution is 8.13. The third-order valence-corrected chi connectivity index (χ3v) is 22.9. The zero-order valence-electron chi connectivity index (χ0n) is 33.1. The Labute approximate surface area is 305 Å². The Kier molecular flexibility index (Phi) is 12.9. The number of amidine groups is 1. The van der Waals surface area contributed by atoms with Gasteiger partial charge in [0.25, 0.3) is 5.91 Å². The van der Waals surface area contributed by atoms with E-state index in [1.165, 1.54) is 43.0 Å². The van der Waals surface area contributed by atoms with Crippen molar-refractivity contribution in [3.05, 3.63) is 34.9 Å². The zero-order chi connectivity index (χ0) is 36.5.